The molecule has 2 aromatic rings. The van der Waals surface area contributed by atoms with Crippen molar-refractivity contribution in [3.63, 3.8) is 0 Å². The van der Waals surface area contributed by atoms with Crippen LogP contribution in [0.1, 0.15) is 39.7 Å². The number of rotatable bonds is 2. The van der Waals surface area contributed by atoms with Crippen molar-refractivity contribution < 1.29 is 9.53 Å². The normalized spacial score (nSPS) is 15.8. The number of hydrogen-bond acceptors (Lipinski definition) is 6. The van der Waals surface area contributed by atoms with E-state index in [1.165, 1.54) is 6.33 Å². The Labute approximate surface area is 136 Å². The summed E-state index contributed by atoms with van der Waals surface area (Å²) in [5, 5.41) is 4.32. The number of aromatic nitrogens is 3. The summed E-state index contributed by atoms with van der Waals surface area (Å²) in [6.07, 6.45) is 5.91. The SMILES string of the molecule is CC(C)(C)OC=O.Nc1ncnc2c1ccn2C1CCNCC1. The van der Waals surface area contributed by atoms with E-state index in [0.29, 0.717) is 18.3 Å². The second-order valence-corrected chi connectivity index (χ2v) is 6.53. The van der Waals surface area contributed by atoms with E-state index < -0.39 is 0 Å². The van der Waals surface area contributed by atoms with Gasteiger partial charge in [0.25, 0.3) is 6.47 Å². The van der Waals surface area contributed by atoms with E-state index >= 15 is 0 Å². The van der Waals surface area contributed by atoms with Gasteiger partial charge < -0.3 is 20.4 Å². The van der Waals surface area contributed by atoms with Gasteiger partial charge in [0, 0.05) is 12.2 Å². The molecular formula is C16H25N5O2. The van der Waals surface area contributed by atoms with E-state index in [1.54, 1.807) is 0 Å². The lowest BCUT2D eigenvalue weighted by Gasteiger charge is -2.24. The van der Waals surface area contributed by atoms with Crippen LogP contribution < -0.4 is 11.1 Å². The molecule has 0 bridgehead atoms. The third kappa shape index (κ3) is 4.66. The standard InChI is InChI=1S/C11H15N5.C5H10O2/c12-10-9-3-6-16(11(9)15-7-14-10)8-1-4-13-5-2-8;1-5(2,3)7-4-6/h3,6-8,13H,1-2,4-5H2,(H2,12,14,15);4H,1-3H3. The molecule has 23 heavy (non-hydrogen) atoms. The van der Waals surface area contributed by atoms with Gasteiger partial charge >= 0.3 is 0 Å². The number of nitrogens with zero attached hydrogens (tertiary/aromatic N) is 3. The van der Waals surface area contributed by atoms with E-state index in [9.17, 15) is 4.79 Å². The predicted molar refractivity (Wildman–Crippen MR) is 90.0 cm³/mol. The topological polar surface area (TPSA) is 95.1 Å². The number of fused-ring (bicyclic) bond motifs is 1. The minimum atomic E-state index is -0.318. The molecule has 0 radical (unpaired) electrons. The van der Waals surface area contributed by atoms with Crippen LogP contribution in [0.3, 0.4) is 0 Å². The molecule has 1 aliphatic rings. The number of carbonyl (C=O) groups is 1. The second kappa shape index (κ2) is 7.41. The number of hydrogen-bond donors (Lipinski definition) is 2. The molecular weight excluding hydrogens is 294 g/mol. The number of ether oxygens (including phenoxy) is 1. The van der Waals surface area contributed by atoms with Crippen LogP contribution in [0.15, 0.2) is 18.6 Å². The van der Waals surface area contributed by atoms with Gasteiger partial charge in [0.2, 0.25) is 0 Å². The quantitative estimate of drug-likeness (QED) is 0.821. The fourth-order valence-corrected chi connectivity index (χ4v) is 2.51. The Morgan fingerprint density at radius 3 is 2.61 bits per heavy atom. The van der Waals surface area contributed by atoms with Crippen LogP contribution in [0.5, 0.6) is 0 Å². The molecule has 1 aliphatic heterocycles. The Kier molecular flexibility index (Phi) is 5.54. The Bertz CT molecular complexity index is 641. The maximum absolute atomic E-state index is 9.60. The van der Waals surface area contributed by atoms with Crippen LogP contribution in [0, 0.1) is 0 Å². The van der Waals surface area contributed by atoms with Crippen LogP contribution >= 0.6 is 0 Å². The molecule has 0 spiro atoms. The van der Waals surface area contributed by atoms with Crippen molar-refractivity contribution in [2.24, 2.45) is 0 Å². The smallest absolute Gasteiger partial charge is 0.293 e. The summed E-state index contributed by atoms with van der Waals surface area (Å²) in [7, 11) is 0. The molecule has 3 rings (SSSR count). The molecule has 1 saturated heterocycles. The molecule has 126 valence electrons. The highest BCUT2D eigenvalue weighted by atomic mass is 16.5. The first-order valence-electron chi connectivity index (χ1n) is 7.81. The molecule has 2 aromatic heterocycles. The molecule has 3 heterocycles. The predicted octanol–water partition coefficient (Wildman–Crippen LogP) is 1.90. The van der Waals surface area contributed by atoms with Gasteiger partial charge in [-0.2, -0.15) is 0 Å². The first-order chi connectivity index (χ1) is 10.9. The highest BCUT2D eigenvalue weighted by Crippen LogP contribution is 2.25. The molecule has 0 atom stereocenters. The molecule has 0 saturated carbocycles. The molecule has 3 N–H and O–H groups in total. The van der Waals surface area contributed by atoms with Gasteiger partial charge in [-0.05, 0) is 52.8 Å². The zero-order chi connectivity index (χ0) is 16.9. The zero-order valence-electron chi connectivity index (χ0n) is 14.0. The monoisotopic (exact) mass is 319 g/mol. The number of anilines is 1. The summed E-state index contributed by atoms with van der Waals surface area (Å²) in [5.74, 6) is 0.567. The Balaban J connectivity index is 0.000000236. The van der Waals surface area contributed by atoms with Gasteiger partial charge in [0.15, 0.2) is 0 Å². The molecule has 0 unspecified atom stereocenters. The molecule has 0 aliphatic carbocycles. The first-order valence-corrected chi connectivity index (χ1v) is 7.81. The van der Waals surface area contributed by atoms with E-state index in [1.807, 2.05) is 26.8 Å². The Morgan fingerprint density at radius 2 is 2.04 bits per heavy atom. The summed E-state index contributed by atoms with van der Waals surface area (Å²) >= 11 is 0. The van der Waals surface area contributed by atoms with Crippen molar-refractivity contribution in [2.45, 2.75) is 45.3 Å². The Hall–Kier alpha value is -2.15. The highest BCUT2D eigenvalue weighted by Gasteiger charge is 2.17. The lowest BCUT2D eigenvalue weighted by atomic mass is 10.1. The minimum absolute atomic E-state index is 0.318. The van der Waals surface area contributed by atoms with Gasteiger partial charge in [-0.15, -0.1) is 0 Å². The van der Waals surface area contributed by atoms with Crippen molar-refractivity contribution in [1.29, 1.82) is 0 Å². The van der Waals surface area contributed by atoms with Gasteiger partial charge in [0.05, 0.1) is 5.39 Å². The van der Waals surface area contributed by atoms with E-state index in [4.69, 9.17) is 5.73 Å². The van der Waals surface area contributed by atoms with Gasteiger partial charge in [-0.25, -0.2) is 9.97 Å². The average molecular weight is 319 g/mol. The number of piperidine rings is 1. The van der Waals surface area contributed by atoms with E-state index in [2.05, 4.69) is 30.8 Å². The molecule has 1 fully saturated rings. The molecule has 0 aromatic carbocycles. The lowest BCUT2D eigenvalue weighted by Crippen LogP contribution is -2.29. The number of nitrogen functional groups attached to an aromatic ring is 1. The maximum atomic E-state index is 9.60. The van der Waals surface area contributed by atoms with Gasteiger partial charge in [0.1, 0.15) is 23.4 Å². The lowest BCUT2D eigenvalue weighted by molar-refractivity contribution is -0.138. The van der Waals surface area contributed by atoms with Crippen LogP contribution in [-0.2, 0) is 9.53 Å². The fourth-order valence-electron chi connectivity index (χ4n) is 2.51. The number of carbonyl (C=O) groups excluding carboxylic acids is 1. The highest BCUT2D eigenvalue weighted by molar-refractivity contribution is 5.86. The minimum Gasteiger partial charge on any atom is -0.462 e. The third-order valence-corrected chi connectivity index (χ3v) is 3.64. The van der Waals surface area contributed by atoms with E-state index in [0.717, 1.165) is 37.0 Å². The summed E-state index contributed by atoms with van der Waals surface area (Å²) < 4.78 is 6.78. The van der Waals surface area contributed by atoms with Crippen LogP contribution in [0.25, 0.3) is 11.0 Å². The van der Waals surface area contributed by atoms with Gasteiger partial charge in [-0.1, -0.05) is 0 Å². The van der Waals surface area contributed by atoms with Crippen LogP contribution in [0.2, 0.25) is 0 Å². The van der Waals surface area contributed by atoms with Crippen molar-refractivity contribution in [3.05, 3.63) is 18.6 Å². The first kappa shape index (κ1) is 17.2. The summed E-state index contributed by atoms with van der Waals surface area (Å²) in [5.41, 5.74) is 6.46. The van der Waals surface area contributed by atoms with Crippen LogP contribution in [-0.4, -0.2) is 39.7 Å². The number of nitrogens with one attached hydrogen (secondary N) is 1. The average Bonchev–Trinajstić information content (AvgIpc) is 2.93. The third-order valence-electron chi connectivity index (χ3n) is 3.64. The van der Waals surface area contributed by atoms with Crippen molar-refractivity contribution >= 4 is 23.3 Å². The summed E-state index contributed by atoms with van der Waals surface area (Å²) in [6, 6.07) is 2.54. The Morgan fingerprint density at radius 1 is 1.35 bits per heavy atom. The van der Waals surface area contributed by atoms with E-state index in [-0.39, 0.29) is 5.60 Å². The molecule has 7 nitrogen and oxygen atoms in total. The van der Waals surface area contributed by atoms with Crippen molar-refractivity contribution in [3.8, 4) is 0 Å². The molecule has 0 amide bonds. The largest absolute Gasteiger partial charge is 0.462 e. The zero-order valence-corrected chi connectivity index (χ0v) is 14.0. The maximum Gasteiger partial charge on any atom is 0.293 e. The van der Waals surface area contributed by atoms with Crippen molar-refractivity contribution in [1.82, 2.24) is 19.9 Å². The van der Waals surface area contributed by atoms with Crippen LogP contribution in [0.4, 0.5) is 5.82 Å². The fraction of sp³-hybridized carbons (Fsp3) is 0.562. The molecule has 7 heteroatoms. The number of nitrogens with two attached hydrogens (primary N) is 1. The van der Waals surface area contributed by atoms with Crippen molar-refractivity contribution in [2.75, 3.05) is 18.8 Å². The van der Waals surface area contributed by atoms with Gasteiger partial charge in [-0.3, -0.25) is 4.79 Å². The summed E-state index contributed by atoms with van der Waals surface area (Å²) in [6.45, 7) is 8.07. The summed E-state index contributed by atoms with van der Waals surface area (Å²) in [4.78, 5) is 17.9. The second-order valence-electron chi connectivity index (χ2n) is 6.53.